The van der Waals surface area contributed by atoms with Gasteiger partial charge in [-0.25, -0.2) is 9.78 Å². The Balaban J connectivity index is 1.34. The first-order valence-electron chi connectivity index (χ1n) is 10.5. The Hall–Kier alpha value is -3.09. The molecule has 3 heterocycles. The fourth-order valence-electron chi connectivity index (χ4n) is 3.87. The molecule has 158 valence electrons. The zero-order chi connectivity index (χ0) is 21.1. The summed E-state index contributed by atoms with van der Waals surface area (Å²) in [5.74, 6) is 1.35. The van der Waals surface area contributed by atoms with Gasteiger partial charge in [0.2, 0.25) is 0 Å². The summed E-state index contributed by atoms with van der Waals surface area (Å²) in [5.41, 5.74) is 1.73. The second-order valence-corrected chi connectivity index (χ2v) is 7.84. The maximum absolute atomic E-state index is 12.9. The predicted molar refractivity (Wildman–Crippen MR) is 113 cm³/mol. The number of hydrogen-bond acceptors (Lipinski definition) is 5. The summed E-state index contributed by atoms with van der Waals surface area (Å²) >= 11 is 0. The number of amides is 2. The highest BCUT2D eigenvalue weighted by Gasteiger charge is 2.34. The number of carbonyl (C=O) groups is 2. The van der Waals surface area contributed by atoms with Gasteiger partial charge in [0.15, 0.2) is 0 Å². The topological polar surface area (TPSA) is 72.0 Å². The smallest absolute Gasteiger partial charge is 0.415 e. The molecule has 0 saturated carbocycles. The standard InChI is InChI=1S/C23H27N3O4/c1-3-18-15-29-23(28)26(18)21-9-6-17(14-24-21)22(27)25-12-10-20(11-13-25)30-19-7-4-16(2)5-8-19/h4-9,14,18,20H,3,10-13,15H2,1-2H3/t18-/m1/s1. The van der Waals surface area contributed by atoms with Crippen LogP contribution < -0.4 is 9.64 Å². The Bertz CT molecular complexity index is 890. The van der Waals surface area contributed by atoms with Crippen LogP contribution in [0.25, 0.3) is 0 Å². The summed E-state index contributed by atoms with van der Waals surface area (Å²) < 4.78 is 11.2. The summed E-state index contributed by atoms with van der Waals surface area (Å²) in [5, 5.41) is 0. The molecule has 4 rings (SSSR count). The predicted octanol–water partition coefficient (Wildman–Crippen LogP) is 3.81. The molecule has 0 N–H and O–H groups in total. The fraction of sp³-hybridized carbons (Fsp3) is 0.435. The van der Waals surface area contributed by atoms with E-state index in [0.29, 0.717) is 31.1 Å². The van der Waals surface area contributed by atoms with Crippen LogP contribution in [0.5, 0.6) is 5.75 Å². The van der Waals surface area contributed by atoms with Crippen LogP contribution in [0.15, 0.2) is 42.6 Å². The Kier molecular flexibility index (Phi) is 5.88. The van der Waals surface area contributed by atoms with Gasteiger partial charge in [-0.1, -0.05) is 24.6 Å². The number of aromatic nitrogens is 1. The Morgan fingerprint density at radius 2 is 1.90 bits per heavy atom. The zero-order valence-electron chi connectivity index (χ0n) is 17.4. The summed E-state index contributed by atoms with van der Waals surface area (Å²) in [6.07, 6.45) is 3.65. The van der Waals surface area contributed by atoms with Gasteiger partial charge in [-0.05, 0) is 37.6 Å². The van der Waals surface area contributed by atoms with Crippen molar-refractivity contribution in [2.24, 2.45) is 0 Å². The van der Waals surface area contributed by atoms with E-state index in [0.717, 1.165) is 25.0 Å². The number of pyridine rings is 1. The van der Waals surface area contributed by atoms with E-state index < -0.39 is 0 Å². The molecule has 2 aliphatic rings. The summed E-state index contributed by atoms with van der Waals surface area (Å²) in [4.78, 5) is 32.6. The molecule has 2 fully saturated rings. The molecule has 0 unspecified atom stereocenters. The third-order valence-corrected chi connectivity index (χ3v) is 5.73. The Morgan fingerprint density at radius 3 is 2.53 bits per heavy atom. The van der Waals surface area contributed by atoms with E-state index in [1.165, 1.54) is 5.56 Å². The minimum Gasteiger partial charge on any atom is -0.490 e. The number of ether oxygens (including phenoxy) is 2. The lowest BCUT2D eigenvalue weighted by Crippen LogP contribution is -2.41. The molecule has 0 aliphatic carbocycles. The number of aryl methyl sites for hydroxylation is 1. The van der Waals surface area contributed by atoms with Crippen LogP contribution in [0.3, 0.4) is 0 Å². The first kappa shape index (κ1) is 20.2. The third kappa shape index (κ3) is 4.25. The average Bonchev–Trinajstić information content (AvgIpc) is 3.16. The number of carbonyl (C=O) groups excluding carboxylic acids is 2. The second-order valence-electron chi connectivity index (χ2n) is 7.84. The van der Waals surface area contributed by atoms with Gasteiger partial charge >= 0.3 is 6.09 Å². The molecule has 2 aliphatic heterocycles. The van der Waals surface area contributed by atoms with Crippen molar-refractivity contribution < 1.29 is 19.1 Å². The van der Waals surface area contributed by atoms with Gasteiger partial charge in [0, 0.05) is 32.1 Å². The first-order valence-corrected chi connectivity index (χ1v) is 10.5. The van der Waals surface area contributed by atoms with Gasteiger partial charge in [0.1, 0.15) is 24.3 Å². The van der Waals surface area contributed by atoms with Crippen LogP contribution >= 0.6 is 0 Å². The van der Waals surface area contributed by atoms with Gasteiger partial charge in [-0.3, -0.25) is 9.69 Å². The van der Waals surface area contributed by atoms with Crippen molar-refractivity contribution in [2.45, 2.75) is 45.3 Å². The first-order chi connectivity index (χ1) is 14.5. The lowest BCUT2D eigenvalue weighted by atomic mass is 10.1. The molecule has 1 aromatic heterocycles. The van der Waals surface area contributed by atoms with Crippen molar-refractivity contribution >= 4 is 17.8 Å². The van der Waals surface area contributed by atoms with Crippen molar-refractivity contribution in [2.75, 3.05) is 24.6 Å². The molecule has 2 aromatic rings. The number of anilines is 1. The molecule has 1 atom stereocenters. The molecule has 0 radical (unpaired) electrons. The molecular weight excluding hydrogens is 382 g/mol. The highest BCUT2D eigenvalue weighted by atomic mass is 16.6. The number of piperidine rings is 1. The van der Waals surface area contributed by atoms with Crippen molar-refractivity contribution in [3.05, 3.63) is 53.7 Å². The highest BCUT2D eigenvalue weighted by Crippen LogP contribution is 2.24. The number of benzene rings is 1. The minimum absolute atomic E-state index is 0.0147. The number of rotatable bonds is 5. The van der Waals surface area contributed by atoms with Gasteiger partial charge in [0.05, 0.1) is 11.6 Å². The molecular formula is C23H27N3O4. The van der Waals surface area contributed by atoms with E-state index in [1.807, 2.05) is 43.0 Å². The maximum Gasteiger partial charge on any atom is 0.415 e. The zero-order valence-corrected chi connectivity index (χ0v) is 17.4. The normalized spacial score (nSPS) is 19.7. The van der Waals surface area contributed by atoms with Crippen LogP contribution in [0.2, 0.25) is 0 Å². The Morgan fingerprint density at radius 1 is 1.17 bits per heavy atom. The fourth-order valence-corrected chi connectivity index (χ4v) is 3.87. The second kappa shape index (κ2) is 8.73. The van der Waals surface area contributed by atoms with Crippen LogP contribution in [0.4, 0.5) is 10.6 Å². The molecule has 7 nitrogen and oxygen atoms in total. The maximum atomic E-state index is 12.9. The van der Waals surface area contributed by atoms with E-state index in [-0.39, 0.29) is 24.1 Å². The van der Waals surface area contributed by atoms with Crippen LogP contribution in [0, 0.1) is 6.92 Å². The van der Waals surface area contributed by atoms with E-state index in [2.05, 4.69) is 4.98 Å². The van der Waals surface area contributed by atoms with Crippen molar-refractivity contribution in [1.29, 1.82) is 0 Å². The van der Waals surface area contributed by atoms with Crippen molar-refractivity contribution in [1.82, 2.24) is 9.88 Å². The largest absolute Gasteiger partial charge is 0.490 e. The molecule has 0 spiro atoms. The third-order valence-electron chi connectivity index (χ3n) is 5.73. The van der Waals surface area contributed by atoms with Crippen LogP contribution in [-0.2, 0) is 4.74 Å². The summed E-state index contributed by atoms with van der Waals surface area (Å²) in [6, 6.07) is 11.5. The van der Waals surface area contributed by atoms with Gasteiger partial charge in [0.25, 0.3) is 5.91 Å². The van der Waals surface area contributed by atoms with Gasteiger partial charge in [-0.2, -0.15) is 0 Å². The molecule has 2 saturated heterocycles. The molecule has 30 heavy (non-hydrogen) atoms. The lowest BCUT2D eigenvalue weighted by molar-refractivity contribution is 0.0595. The van der Waals surface area contributed by atoms with Crippen LogP contribution in [0.1, 0.15) is 42.1 Å². The lowest BCUT2D eigenvalue weighted by Gasteiger charge is -2.32. The van der Waals surface area contributed by atoms with Gasteiger partial charge < -0.3 is 14.4 Å². The SMILES string of the molecule is CC[C@@H]1COC(=O)N1c1ccc(C(=O)N2CCC(Oc3ccc(C)cc3)CC2)cn1. The average molecular weight is 409 g/mol. The van der Waals surface area contributed by atoms with E-state index in [1.54, 1.807) is 23.2 Å². The van der Waals surface area contributed by atoms with Gasteiger partial charge in [-0.15, -0.1) is 0 Å². The van der Waals surface area contributed by atoms with Crippen LogP contribution in [-0.4, -0.2) is 53.7 Å². The van der Waals surface area contributed by atoms with E-state index in [9.17, 15) is 9.59 Å². The number of hydrogen-bond donors (Lipinski definition) is 0. The number of cyclic esters (lactones) is 1. The monoisotopic (exact) mass is 409 g/mol. The molecule has 7 heteroatoms. The molecule has 1 aromatic carbocycles. The minimum atomic E-state index is -0.385. The molecule has 2 amide bonds. The van der Waals surface area contributed by atoms with E-state index in [4.69, 9.17) is 9.47 Å². The Labute approximate surface area is 176 Å². The van der Waals surface area contributed by atoms with Crippen molar-refractivity contribution in [3.8, 4) is 5.75 Å². The van der Waals surface area contributed by atoms with E-state index >= 15 is 0 Å². The number of likely N-dealkylation sites (tertiary alicyclic amines) is 1. The highest BCUT2D eigenvalue weighted by molar-refractivity contribution is 5.95. The number of nitrogens with zero attached hydrogens (tertiary/aromatic N) is 3. The quantitative estimate of drug-likeness (QED) is 0.751. The summed E-state index contributed by atoms with van der Waals surface area (Å²) in [6.45, 7) is 5.72. The van der Waals surface area contributed by atoms with Crippen molar-refractivity contribution in [3.63, 3.8) is 0 Å². The molecule has 0 bridgehead atoms. The summed E-state index contributed by atoms with van der Waals surface area (Å²) in [7, 11) is 0.